The number of aryl methyl sites for hydroxylation is 1. The molecule has 2 saturated heterocycles. The van der Waals surface area contributed by atoms with Crippen LogP contribution in [-0.4, -0.2) is 71.8 Å². The molecule has 7 nitrogen and oxygen atoms in total. The van der Waals surface area contributed by atoms with Crippen molar-refractivity contribution in [1.29, 1.82) is 0 Å². The molecule has 0 aliphatic carbocycles. The zero-order chi connectivity index (χ0) is 35.7. The second-order valence-corrected chi connectivity index (χ2v) is 22.9. The molecule has 0 radical (unpaired) electrons. The number of thioether (sulfide) groups is 1. The summed E-state index contributed by atoms with van der Waals surface area (Å²) in [5.41, 5.74) is 1.25. The van der Waals surface area contributed by atoms with Gasteiger partial charge < -0.3 is 9.16 Å². The van der Waals surface area contributed by atoms with Crippen LogP contribution in [0, 0.1) is 29.1 Å². The molecule has 1 aromatic heterocycles. The predicted octanol–water partition coefficient (Wildman–Crippen LogP) is 9.03. The lowest BCUT2D eigenvalue weighted by atomic mass is 9.67. The molecule has 1 aromatic rings. The lowest BCUT2D eigenvalue weighted by Crippen LogP contribution is -2.42. The topological polar surface area (TPSA) is 73.4 Å². The second-order valence-electron chi connectivity index (χ2n) is 17.2. The van der Waals surface area contributed by atoms with Gasteiger partial charge in [0, 0.05) is 56.0 Å². The van der Waals surface area contributed by atoms with Crippen LogP contribution in [0.4, 0.5) is 0 Å². The van der Waals surface area contributed by atoms with Crippen molar-refractivity contribution in [2.24, 2.45) is 36.1 Å². The highest BCUT2D eigenvalue weighted by molar-refractivity contribution is 7.98. The van der Waals surface area contributed by atoms with Gasteiger partial charge in [-0.3, -0.25) is 19.2 Å². The number of fused-ring (bicyclic) bond motifs is 1. The van der Waals surface area contributed by atoms with E-state index in [0.717, 1.165) is 48.5 Å². The predicted molar refractivity (Wildman–Crippen MR) is 199 cm³/mol. The van der Waals surface area contributed by atoms with Crippen molar-refractivity contribution in [2.75, 3.05) is 19.4 Å². The molecule has 2 fully saturated rings. The molecule has 268 valence electrons. The minimum atomic E-state index is -1.87. The first-order valence-corrected chi connectivity index (χ1v) is 22.1. The van der Waals surface area contributed by atoms with Crippen LogP contribution in [0.2, 0.25) is 18.1 Å². The molecule has 1 unspecified atom stereocenters. The van der Waals surface area contributed by atoms with Gasteiger partial charge in [0.1, 0.15) is 11.9 Å². The fourth-order valence-electron chi connectivity index (χ4n) is 7.20. The maximum absolute atomic E-state index is 13.9. The van der Waals surface area contributed by atoms with E-state index in [1.54, 1.807) is 11.8 Å². The summed E-state index contributed by atoms with van der Waals surface area (Å²) in [6, 6.07) is 2.36. The van der Waals surface area contributed by atoms with Crippen molar-refractivity contribution in [3.63, 3.8) is 0 Å². The number of ether oxygens (including phenoxy) is 1. The molecule has 47 heavy (non-hydrogen) atoms. The van der Waals surface area contributed by atoms with Gasteiger partial charge in [0.25, 0.3) is 0 Å². The summed E-state index contributed by atoms with van der Waals surface area (Å²) in [5, 5.41) is 5.95. The lowest BCUT2D eigenvalue weighted by Gasteiger charge is -2.36. The van der Waals surface area contributed by atoms with Crippen LogP contribution in [0.1, 0.15) is 114 Å². The molecule has 0 spiro atoms. The summed E-state index contributed by atoms with van der Waals surface area (Å²) in [5.74, 6) is 0.525. The standard InChI is InChI=1S/C38H67N3O4SSi/c1-25-17-16-18-38(11)32(41(38)19-20-44-47(14,15)36(6,7)8)24-31(26(2)21-30-23-33(46-13)40(12)39-30)45-34(42)22-27(3)37(9,10)35(43)29(5)28(25)4/h21,23,25,27-29,31-32H,16-20,22,24H2,1-15H3/b26-21+/t25-,27-,28-,29+,31-,32-,38+,41?/m0/s1. The average molecular weight is 690 g/mol. The highest BCUT2D eigenvalue weighted by atomic mass is 32.2. The molecule has 0 N–H and O–H groups in total. The number of esters is 1. The number of cyclic esters (lactones) is 1. The molecule has 2 aliphatic heterocycles. The number of hydrogen-bond donors (Lipinski definition) is 0. The Labute approximate surface area is 292 Å². The van der Waals surface area contributed by atoms with E-state index in [-0.39, 0.29) is 58.7 Å². The van der Waals surface area contributed by atoms with Crippen LogP contribution in [-0.2, 0) is 25.8 Å². The maximum Gasteiger partial charge on any atom is 0.306 e. The Balaban J connectivity index is 1.96. The zero-order valence-electron chi connectivity index (χ0n) is 32.5. The summed E-state index contributed by atoms with van der Waals surface area (Å²) < 4.78 is 14.9. The number of aromatic nitrogens is 2. The fraction of sp³-hybridized carbons (Fsp3) is 0.816. The van der Waals surface area contributed by atoms with Gasteiger partial charge in [-0.1, -0.05) is 75.2 Å². The van der Waals surface area contributed by atoms with Crippen molar-refractivity contribution in [1.82, 2.24) is 14.7 Å². The summed E-state index contributed by atoms with van der Waals surface area (Å²) in [4.78, 5) is 30.2. The first-order chi connectivity index (χ1) is 21.6. The Hall–Kier alpha value is -1.42. The van der Waals surface area contributed by atoms with Crippen LogP contribution >= 0.6 is 11.8 Å². The summed E-state index contributed by atoms with van der Waals surface area (Å²) in [6.45, 7) is 30.2. The van der Waals surface area contributed by atoms with E-state index in [1.807, 2.05) is 38.8 Å². The van der Waals surface area contributed by atoms with Gasteiger partial charge in [-0.25, -0.2) is 0 Å². The van der Waals surface area contributed by atoms with Crippen LogP contribution < -0.4 is 0 Å². The van der Waals surface area contributed by atoms with Gasteiger partial charge >= 0.3 is 5.97 Å². The molecule has 3 heterocycles. The second kappa shape index (κ2) is 15.2. The number of hydrogen-bond acceptors (Lipinski definition) is 7. The van der Waals surface area contributed by atoms with E-state index in [1.165, 1.54) is 0 Å². The third-order valence-electron chi connectivity index (χ3n) is 12.7. The average Bonchev–Trinajstić information content (AvgIpc) is 3.31. The number of carbonyl (C=O) groups excluding carboxylic acids is 2. The number of nitrogens with zero attached hydrogens (tertiary/aromatic N) is 3. The Morgan fingerprint density at radius 3 is 2.38 bits per heavy atom. The molecule has 0 saturated carbocycles. The Morgan fingerprint density at radius 2 is 1.81 bits per heavy atom. The molecular formula is C38H67N3O4SSi. The van der Waals surface area contributed by atoms with Crippen LogP contribution in [0.3, 0.4) is 0 Å². The van der Waals surface area contributed by atoms with E-state index in [9.17, 15) is 9.59 Å². The van der Waals surface area contributed by atoms with Gasteiger partial charge in [0.2, 0.25) is 0 Å². The summed E-state index contributed by atoms with van der Waals surface area (Å²) >= 11 is 1.66. The number of Topliss-reactive ketones (excluding diaryl/α,β-unsaturated/α-hetero) is 1. The Morgan fingerprint density at radius 1 is 1.17 bits per heavy atom. The number of rotatable bonds is 7. The van der Waals surface area contributed by atoms with E-state index < -0.39 is 13.7 Å². The molecular weight excluding hydrogens is 623 g/mol. The van der Waals surface area contributed by atoms with Crippen molar-refractivity contribution in [2.45, 2.75) is 149 Å². The van der Waals surface area contributed by atoms with Crippen molar-refractivity contribution in [3.05, 3.63) is 17.3 Å². The molecule has 3 rings (SSSR count). The van der Waals surface area contributed by atoms with Crippen molar-refractivity contribution in [3.8, 4) is 0 Å². The van der Waals surface area contributed by atoms with Crippen molar-refractivity contribution < 1.29 is 18.8 Å². The quantitative estimate of drug-likeness (QED) is 0.122. The largest absolute Gasteiger partial charge is 0.458 e. The molecule has 0 amide bonds. The number of ketones is 1. The van der Waals surface area contributed by atoms with E-state index in [2.05, 4.69) is 85.5 Å². The third-order valence-corrected chi connectivity index (χ3v) is 18.1. The summed E-state index contributed by atoms with van der Waals surface area (Å²) in [7, 11) is 0.0879. The Bertz CT molecular complexity index is 1280. The van der Waals surface area contributed by atoms with Gasteiger partial charge in [-0.2, -0.15) is 5.10 Å². The van der Waals surface area contributed by atoms with E-state index in [0.29, 0.717) is 12.5 Å². The summed E-state index contributed by atoms with van der Waals surface area (Å²) in [6.07, 6.45) is 7.95. The maximum atomic E-state index is 13.9. The third kappa shape index (κ3) is 9.23. The smallest absolute Gasteiger partial charge is 0.306 e. The van der Waals surface area contributed by atoms with Crippen LogP contribution in [0.5, 0.6) is 0 Å². The normalized spacial score (nSPS) is 33.3. The van der Waals surface area contributed by atoms with Gasteiger partial charge in [0.05, 0.1) is 10.7 Å². The highest BCUT2D eigenvalue weighted by Crippen LogP contribution is 2.49. The van der Waals surface area contributed by atoms with Gasteiger partial charge in [-0.15, -0.1) is 11.8 Å². The van der Waals surface area contributed by atoms with Crippen LogP contribution in [0.25, 0.3) is 6.08 Å². The lowest BCUT2D eigenvalue weighted by molar-refractivity contribution is -0.150. The molecule has 8 atom stereocenters. The molecule has 2 aliphatic rings. The monoisotopic (exact) mass is 689 g/mol. The van der Waals surface area contributed by atoms with E-state index >= 15 is 0 Å². The Kier molecular flexibility index (Phi) is 13.0. The van der Waals surface area contributed by atoms with E-state index in [4.69, 9.17) is 14.3 Å². The zero-order valence-corrected chi connectivity index (χ0v) is 34.3. The van der Waals surface area contributed by atoms with Crippen molar-refractivity contribution >= 4 is 37.9 Å². The molecule has 0 bridgehead atoms. The van der Waals surface area contributed by atoms with Gasteiger partial charge in [-0.05, 0) is 80.1 Å². The highest BCUT2D eigenvalue weighted by Gasteiger charge is 2.58. The minimum Gasteiger partial charge on any atom is -0.458 e. The first-order valence-electron chi connectivity index (χ1n) is 18.0. The first kappa shape index (κ1) is 40.0. The minimum absolute atomic E-state index is 0.00941. The fourth-order valence-corrected chi connectivity index (χ4v) is 8.78. The molecule has 0 aromatic carbocycles. The van der Waals surface area contributed by atoms with Crippen LogP contribution in [0.15, 0.2) is 16.7 Å². The SMILES string of the molecule is CSc1cc(/C=C(\C)[C@@H]2C[C@@H]3N(CCO[Si](C)(C)C(C)(C)C)[C@]3(C)CCC[C@H](C)[C@H](C)[C@@H](C)C(=O)C(C)(C)[C@@H](C)CC(=O)O2)nn1C. The number of carbonyl (C=O) groups is 2. The van der Waals surface area contributed by atoms with Gasteiger partial charge in [0.15, 0.2) is 8.32 Å². The molecule has 9 heteroatoms.